The van der Waals surface area contributed by atoms with Crippen molar-refractivity contribution < 1.29 is 57.1 Å². The Balaban J connectivity index is 0. The second-order valence-electron chi connectivity index (χ2n) is 4.15. The molecule has 0 heterocycles. The fourth-order valence-electron chi connectivity index (χ4n) is 1.07. The second-order valence-corrected chi connectivity index (χ2v) is 5.80. The monoisotopic (exact) mass is 292 g/mol. The third kappa shape index (κ3) is 10.7. The quantitative estimate of drug-likeness (QED) is 0.362. The van der Waals surface area contributed by atoms with Gasteiger partial charge in [0.05, 0.1) is 40.8 Å². The summed E-state index contributed by atoms with van der Waals surface area (Å²) in [5.41, 5.74) is 0. The van der Waals surface area contributed by atoms with E-state index in [2.05, 4.69) is 0 Å². The van der Waals surface area contributed by atoms with E-state index < -0.39 is 21.5 Å². The number of aliphatic hydroxyl groups is 1. The normalized spacial score (nSPS) is 15.2. The molecule has 0 spiro atoms. The van der Waals surface area contributed by atoms with Crippen LogP contribution in [0.5, 0.6) is 0 Å². The zero-order chi connectivity index (χ0) is 13.5. The molecule has 0 aromatic carbocycles. The van der Waals surface area contributed by atoms with E-state index in [1.165, 1.54) is 0 Å². The van der Waals surface area contributed by atoms with E-state index in [1.807, 2.05) is 13.8 Å². The molecule has 0 aliphatic carbocycles. The van der Waals surface area contributed by atoms with Crippen LogP contribution in [0.4, 0.5) is 0 Å². The number of aliphatic hydroxyl groups excluding tert-OH is 1. The number of rotatable bonds is 9. The van der Waals surface area contributed by atoms with Crippen LogP contribution in [-0.4, -0.2) is 55.4 Å². The van der Waals surface area contributed by atoms with Gasteiger partial charge in [0.25, 0.3) is 0 Å². The average Bonchev–Trinajstić information content (AvgIpc) is 2.20. The smallest absolute Gasteiger partial charge is 0.748 e. The van der Waals surface area contributed by atoms with Crippen LogP contribution in [0.2, 0.25) is 0 Å². The van der Waals surface area contributed by atoms with Crippen LogP contribution >= 0.6 is 0 Å². The van der Waals surface area contributed by atoms with Gasteiger partial charge in [-0.25, -0.2) is 8.42 Å². The van der Waals surface area contributed by atoms with Crippen LogP contribution in [0.3, 0.4) is 0 Å². The van der Waals surface area contributed by atoms with Gasteiger partial charge in [-0.15, -0.1) is 0 Å². The molecule has 0 fully saturated rings. The molecule has 18 heavy (non-hydrogen) atoms. The first-order valence-electron chi connectivity index (χ1n) is 5.56. The summed E-state index contributed by atoms with van der Waals surface area (Å²) >= 11 is 0. The maximum absolute atomic E-state index is 11.0. The number of hydrogen-bond donors (Lipinski definition) is 1. The molecule has 0 amide bonds. The number of hydrogen-bond acceptors (Lipinski definition) is 6. The fraction of sp³-hybridized carbons (Fsp3) is 1.00. The van der Waals surface area contributed by atoms with Crippen molar-refractivity contribution >= 4 is 10.1 Å². The molecule has 0 rings (SSSR count). The van der Waals surface area contributed by atoms with Gasteiger partial charge in [-0.1, -0.05) is 0 Å². The van der Waals surface area contributed by atoms with E-state index in [1.54, 1.807) is 6.92 Å². The molecular formula is C10H21NaO6S. The molecule has 0 aromatic heterocycles. The summed E-state index contributed by atoms with van der Waals surface area (Å²) in [5.74, 6) is 0. The zero-order valence-corrected chi connectivity index (χ0v) is 14.3. The van der Waals surface area contributed by atoms with E-state index in [0.29, 0.717) is 0 Å². The molecule has 0 aliphatic heterocycles. The minimum atomic E-state index is -4.40. The van der Waals surface area contributed by atoms with Crippen molar-refractivity contribution in [2.24, 2.45) is 0 Å². The topological polar surface area (TPSA) is 95.9 Å². The standard InChI is InChI=1S/C10H22O6S.Na/c1-8(2)15-5-4-10(17(12,13)14)7-16-9(3)6-11;/h8-11H,4-7H2,1-3H3,(H,12,13,14);/q;+1/p-1. The van der Waals surface area contributed by atoms with Gasteiger partial charge >= 0.3 is 29.6 Å². The molecule has 2 atom stereocenters. The molecule has 0 saturated carbocycles. The molecule has 6 nitrogen and oxygen atoms in total. The van der Waals surface area contributed by atoms with Gasteiger partial charge in [0.15, 0.2) is 0 Å². The first kappa shape index (κ1) is 21.1. The van der Waals surface area contributed by atoms with E-state index in [9.17, 15) is 13.0 Å². The van der Waals surface area contributed by atoms with Gasteiger partial charge in [0, 0.05) is 6.61 Å². The maximum Gasteiger partial charge on any atom is 1.00 e. The summed E-state index contributed by atoms with van der Waals surface area (Å²) in [6, 6.07) is 0. The minimum absolute atomic E-state index is 0. The molecule has 0 aromatic rings. The largest absolute Gasteiger partial charge is 1.00 e. The summed E-state index contributed by atoms with van der Waals surface area (Å²) in [6.45, 7) is 5.01. The van der Waals surface area contributed by atoms with Gasteiger partial charge in [-0.2, -0.15) is 0 Å². The van der Waals surface area contributed by atoms with Crippen LogP contribution in [0.1, 0.15) is 27.2 Å². The summed E-state index contributed by atoms with van der Waals surface area (Å²) < 4.78 is 43.1. The van der Waals surface area contributed by atoms with Gasteiger partial charge < -0.3 is 19.1 Å². The number of ether oxygens (including phenoxy) is 2. The van der Waals surface area contributed by atoms with Gasteiger partial charge in [0.2, 0.25) is 0 Å². The van der Waals surface area contributed by atoms with Crippen LogP contribution in [0.25, 0.3) is 0 Å². The Morgan fingerprint density at radius 2 is 1.78 bits per heavy atom. The van der Waals surface area contributed by atoms with Crippen LogP contribution in [-0.2, 0) is 19.6 Å². The van der Waals surface area contributed by atoms with E-state index in [-0.39, 0.29) is 61.9 Å². The Hall–Kier alpha value is 0.790. The summed E-state index contributed by atoms with van der Waals surface area (Å²) in [6.07, 6.45) is -0.394. The van der Waals surface area contributed by atoms with Crippen molar-refractivity contribution in [2.75, 3.05) is 19.8 Å². The predicted octanol–water partition coefficient (Wildman–Crippen LogP) is -2.88. The molecule has 0 radical (unpaired) electrons. The first-order valence-corrected chi connectivity index (χ1v) is 7.03. The third-order valence-electron chi connectivity index (χ3n) is 2.12. The predicted molar refractivity (Wildman–Crippen MR) is 61.7 cm³/mol. The summed E-state index contributed by atoms with van der Waals surface area (Å²) in [5, 5.41) is 7.59. The molecule has 2 unspecified atom stereocenters. The zero-order valence-electron chi connectivity index (χ0n) is 11.5. The van der Waals surface area contributed by atoms with Crippen molar-refractivity contribution in [3.63, 3.8) is 0 Å². The summed E-state index contributed by atoms with van der Waals surface area (Å²) in [7, 11) is -4.40. The molecule has 0 aliphatic rings. The Kier molecular flexibility index (Phi) is 12.4. The van der Waals surface area contributed by atoms with Crippen molar-refractivity contribution in [2.45, 2.75) is 44.6 Å². The second kappa shape index (κ2) is 10.6. The molecular weight excluding hydrogens is 271 g/mol. The molecule has 0 bridgehead atoms. The van der Waals surface area contributed by atoms with Crippen LogP contribution in [0.15, 0.2) is 0 Å². The van der Waals surface area contributed by atoms with Crippen LogP contribution < -0.4 is 29.6 Å². The Bertz CT molecular complexity index is 293. The van der Waals surface area contributed by atoms with E-state index in [0.717, 1.165) is 0 Å². The van der Waals surface area contributed by atoms with E-state index in [4.69, 9.17) is 14.6 Å². The van der Waals surface area contributed by atoms with Crippen molar-refractivity contribution in [3.8, 4) is 0 Å². The molecule has 0 saturated heterocycles. The third-order valence-corrected chi connectivity index (χ3v) is 3.31. The first-order chi connectivity index (χ1) is 7.77. The van der Waals surface area contributed by atoms with Crippen molar-refractivity contribution in [1.82, 2.24) is 0 Å². The van der Waals surface area contributed by atoms with E-state index >= 15 is 0 Å². The maximum atomic E-state index is 11.0. The minimum Gasteiger partial charge on any atom is -0.748 e. The average molecular weight is 292 g/mol. The fourth-order valence-corrected chi connectivity index (χ4v) is 1.70. The van der Waals surface area contributed by atoms with Crippen molar-refractivity contribution in [3.05, 3.63) is 0 Å². The Morgan fingerprint density at radius 1 is 1.22 bits per heavy atom. The Labute approximate surface area is 131 Å². The van der Waals surface area contributed by atoms with Gasteiger partial charge in [-0.05, 0) is 27.2 Å². The SMILES string of the molecule is CC(C)OCCC(COC(C)CO)S(=O)(=O)[O-].[Na+]. The molecule has 104 valence electrons. The Morgan fingerprint density at radius 3 is 2.17 bits per heavy atom. The summed E-state index contributed by atoms with van der Waals surface area (Å²) in [4.78, 5) is 0. The van der Waals surface area contributed by atoms with Gasteiger partial charge in [0.1, 0.15) is 0 Å². The molecule has 8 heteroatoms. The molecule has 1 N–H and O–H groups in total. The van der Waals surface area contributed by atoms with Crippen molar-refractivity contribution in [1.29, 1.82) is 0 Å². The van der Waals surface area contributed by atoms with Crippen LogP contribution in [0, 0.1) is 0 Å². The van der Waals surface area contributed by atoms with Gasteiger partial charge in [-0.3, -0.25) is 0 Å².